The molecule has 0 unspecified atom stereocenters. The van der Waals surface area contributed by atoms with Crippen LogP contribution in [-0.2, 0) is 0 Å². The van der Waals surface area contributed by atoms with Gasteiger partial charge in [-0.15, -0.1) is 0 Å². The average molecular weight is 483 g/mol. The smallest absolute Gasteiger partial charge is 0.255 e. The number of pyridine rings is 1. The van der Waals surface area contributed by atoms with Crippen molar-refractivity contribution in [1.29, 1.82) is 0 Å². The summed E-state index contributed by atoms with van der Waals surface area (Å²) in [6.45, 7) is 11.1. The fraction of sp³-hybridized carbons (Fsp3) is 0.419. The van der Waals surface area contributed by atoms with E-state index < -0.39 is 0 Å². The lowest BCUT2D eigenvalue weighted by molar-refractivity contribution is 0.0172. The van der Waals surface area contributed by atoms with Crippen molar-refractivity contribution in [2.45, 2.75) is 51.7 Å². The first-order valence-electron chi connectivity index (χ1n) is 13.3. The summed E-state index contributed by atoms with van der Waals surface area (Å²) in [5.74, 6) is 0.130. The van der Waals surface area contributed by atoms with Crippen LogP contribution in [0.5, 0.6) is 0 Å². The number of rotatable bonds is 5. The molecular weight excluding hydrogens is 444 g/mol. The van der Waals surface area contributed by atoms with Gasteiger partial charge >= 0.3 is 0 Å². The van der Waals surface area contributed by atoms with Crippen LogP contribution in [0.3, 0.4) is 0 Å². The lowest BCUT2D eigenvalue weighted by Gasteiger charge is -2.48. The minimum Gasteiger partial charge on any atom is -0.338 e. The van der Waals surface area contributed by atoms with E-state index >= 15 is 0 Å². The summed E-state index contributed by atoms with van der Waals surface area (Å²) in [5, 5.41) is 0. The average Bonchev–Trinajstić information content (AvgIpc) is 2.91. The largest absolute Gasteiger partial charge is 0.338 e. The third-order valence-corrected chi connectivity index (χ3v) is 8.00. The predicted octanol–water partition coefficient (Wildman–Crippen LogP) is 5.10. The van der Waals surface area contributed by atoms with Crippen molar-refractivity contribution in [3.63, 3.8) is 0 Å². The number of piperazine rings is 1. The van der Waals surface area contributed by atoms with Gasteiger partial charge in [0, 0.05) is 50.5 Å². The number of aryl methyl sites for hydroxylation is 2. The SMILES string of the molecule is Cc1ccc(C(=O)N2CCC(N3CCN(C(c4ccccc4)c4ccccc4)[C@@H](C)C3)CC2)c(C)n1. The Hall–Kier alpha value is -3.02. The highest BCUT2D eigenvalue weighted by atomic mass is 16.2. The molecule has 36 heavy (non-hydrogen) atoms. The van der Waals surface area contributed by atoms with E-state index in [1.807, 2.05) is 30.9 Å². The number of likely N-dealkylation sites (tertiary alicyclic amines) is 1. The molecule has 5 heteroatoms. The van der Waals surface area contributed by atoms with Gasteiger partial charge in [-0.3, -0.25) is 19.6 Å². The first-order valence-corrected chi connectivity index (χ1v) is 13.3. The minimum atomic E-state index is 0.130. The Morgan fingerprint density at radius 2 is 1.44 bits per heavy atom. The number of carbonyl (C=O) groups excluding carboxylic acids is 1. The topological polar surface area (TPSA) is 39.7 Å². The van der Waals surface area contributed by atoms with Gasteiger partial charge in [-0.05, 0) is 56.9 Å². The van der Waals surface area contributed by atoms with Crippen molar-refractivity contribution in [2.75, 3.05) is 32.7 Å². The molecular formula is C31H38N4O. The van der Waals surface area contributed by atoms with Gasteiger partial charge in [-0.1, -0.05) is 60.7 Å². The zero-order chi connectivity index (χ0) is 25.1. The highest BCUT2D eigenvalue weighted by molar-refractivity contribution is 5.95. The number of amides is 1. The molecule has 5 rings (SSSR count). The van der Waals surface area contributed by atoms with Gasteiger partial charge in [-0.2, -0.15) is 0 Å². The number of hydrogen-bond donors (Lipinski definition) is 0. The molecule has 3 aromatic rings. The number of aromatic nitrogens is 1. The molecule has 1 aromatic heterocycles. The Kier molecular flexibility index (Phi) is 7.49. The van der Waals surface area contributed by atoms with Crippen LogP contribution in [0.15, 0.2) is 72.8 Å². The van der Waals surface area contributed by atoms with Crippen LogP contribution in [0.1, 0.15) is 58.7 Å². The Balaban J connectivity index is 1.22. The van der Waals surface area contributed by atoms with E-state index in [1.54, 1.807) is 0 Å². The van der Waals surface area contributed by atoms with E-state index in [4.69, 9.17) is 0 Å². The predicted molar refractivity (Wildman–Crippen MR) is 145 cm³/mol. The summed E-state index contributed by atoms with van der Waals surface area (Å²) in [6, 6.07) is 27.0. The molecule has 5 nitrogen and oxygen atoms in total. The van der Waals surface area contributed by atoms with E-state index in [2.05, 4.69) is 82.4 Å². The first-order chi connectivity index (χ1) is 17.5. The zero-order valence-corrected chi connectivity index (χ0v) is 21.8. The van der Waals surface area contributed by atoms with Crippen LogP contribution in [-0.4, -0.2) is 70.4 Å². The summed E-state index contributed by atoms with van der Waals surface area (Å²) in [7, 11) is 0. The summed E-state index contributed by atoms with van der Waals surface area (Å²) in [4.78, 5) is 25.0. The van der Waals surface area contributed by atoms with Gasteiger partial charge in [0.15, 0.2) is 0 Å². The summed E-state index contributed by atoms with van der Waals surface area (Å²) in [5.41, 5.74) is 5.25. The van der Waals surface area contributed by atoms with Gasteiger partial charge in [0.05, 0.1) is 17.3 Å². The molecule has 2 aliphatic heterocycles. The molecule has 2 saturated heterocycles. The normalized spacial score (nSPS) is 20.1. The summed E-state index contributed by atoms with van der Waals surface area (Å²) < 4.78 is 0. The first kappa shape index (κ1) is 24.7. The van der Waals surface area contributed by atoms with E-state index in [0.29, 0.717) is 12.1 Å². The molecule has 188 valence electrons. The van der Waals surface area contributed by atoms with Crippen LogP contribution in [0, 0.1) is 13.8 Å². The maximum absolute atomic E-state index is 13.1. The lowest BCUT2D eigenvalue weighted by Crippen LogP contribution is -2.57. The van der Waals surface area contributed by atoms with Crippen molar-refractivity contribution in [2.24, 2.45) is 0 Å². The van der Waals surface area contributed by atoms with Crippen molar-refractivity contribution >= 4 is 5.91 Å². The number of benzene rings is 2. The van der Waals surface area contributed by atoms with Crippen LogP contribution >= 0.6 is 0 Å². The fourth-order valence-corrected chi connectivity index (χ4v) is 6.08. The Bertz CT molecular complexity index is 1120. The maximum Gasteiger partial charge on any atom is 0.255 e. The Morgan fingerprint density at radius 3 is 2.00 bits per heavy atom. The highest BCUT2D eigenvalue weighted by Gasteiger charge is 2.35. The number of hydrogen-bond acceptors (Lipinski definition) is 4. The quantitative estimate of drug-likeness (QED) is 0.507. The Labute approximate surface area is 215 Å². The summed E-state index contributed by atoms with van der Waals surface area (Å²) in [6.07, 6.45) is 2.08. The second-order valence-corrected chi connectivity index (χ2v) is 10.4. The van der Waals surface area contributed by atoms with Crippen molar-refractivity contribution in [3.05, 3.63) is 101 Å². The van der Waals surface area contributed by atoms with Crippen molar-refractivity contribution < 1.29 is 4.79 Å². The number of piperidine rings is 1. The van der Waals surface area contributed by atoms with Crippen molar-refractivity contribution in [3.8, 4) is 0 Å². The third-order valence-electron chi connectivity index (χ3n) is 8.00. The van der Waals surface area contributed by atoms with Gasteiger partial charge in [0.1, 0.15) is 0 Å². The van der Waals surface area contributed by atoms with Gasteiger partial charge < -0.3 is 4.90 Å². The van der Waals surface area contributed by atoms with Gasteiger partial charge in [-0.25, -0.2) is 0 Å². The van der Waals surface area contributed by atoms with E-state index in [9.17, 15) is 4.79 Å². The van der Waals surface area contributed by atoms with Crippen LogP contribution < -0.4 is 0 Å². The van der Waals surface area contributed by atoms with Crippen LogP contribution in [0.4, 0.5) is 0 Å². The third kappa shape index (κ3) is 5.23. The molecule has 0 aliphatic carbocycles. The molecule has 0 N–H and O–H groups in total. The Morgan fingerprint density at radius 1 is 0.833 bits per heavy atom. The zero-order valence-electron chi connectivity index (χ0n) is 21.8. The maximum atomic E-state index is 13.1. The highest BCUT2D eigenvalue weighted by Crippen LogP contribution is 2.33. The van der Waals surface area contributed by atoms with E-state index in [1.165, 1.54) is 11.1 Å². The molecule has 2 fully saturated rings. The lowest BCUT2D eigenvalue weighted by atomic mass is 9.94. The van der Waals surface area contributed by atoms with Crippen LogP contribution in [0.25, 0.3) is 0 Å². The van der Waals surface area contributed by atoms with E-state index in [0.717, 1.165) is 62.5 Å². The molecule has 0 saturated carbocycles. The van der Waals surface area contributed by atoms with Gasteiger partial charge in [0.2, 0.25) is 0 Å². The van der Waals surface area contributed by atoms with Crippen molar-refractivity contribution in [1.82, 2.24) is 19.7 Å². The molecule has 1 atom stereocenters. The second-order valence-electron chi connectivity index (χ2n) is 10.4. The standard InChI is InChI=1S/C31H38N4O/c1-23-14-15-29(25(3)32-23)31(36)33-18-16-28(17-19-33)34-20-21-35(24(2)22-34)30(26-10-6-4-7-11-26)27-12-8-5-9-13-27/h4-15,24,28,30H,16-22H2,1-3H3/t24-/m0/s1. The summed E-state index contributed by atoms with van der Waals surface area (Å²) >= 11 is 0. The minimum absolute atomic E-state index is 0.130. The molecule has 2 aliphatic rings. The monoisotopic (exact) mass is 482 g/mol. The number of carbonyl (C=O) groups is 1. The fourth-order valence-electron chi connectivity index (χ4n) is 6.08. The van der Waals surface area contributed by atoms with E-state index in [-0.39, 0.29) is 11.9 Å². The second kappa shape index (κ2) is 10.9. The molecule has 3 heterocycles. The number of nitrogens with zero attached hydrogens (tertiary/aromatic N) is 4. The molecule has 2 aromatic carbocycles. The molecule has 1 amide bonds. The molecule has 0 bridgehead atoms. The van der Waals surface area contributed by atoms with Gasteiger partial charge in [0.25, 0.3) is 5.91 Å². The van der Waals surface area contributed by atoms with Crippen LogP contribution in [0.2, 0.25) is 0 Å². The molecule has 0 spiro atoms. The molecule has 0 radical (unpaired) electrons.